The van der Waals surface area contributed by atoms with Crippen LogP contribution in [0.15, 0.2) is 24.8 Å². The second-order valence-electron chi connectivity index (χ2n) is 4.94. The molecule has 0 saturated heterocycles. The zero-order chi connectivity index (χ0) is 17.7. The van der Waals surface area contributed by atoms with Crippen LogP contribution >= 0.6 is 0 Å². The number of hydrogen-bond donors (Lipinski definition) is 2. The average molecular weight is 327 g/mol. The van der Waals surface area contributed by atoms with Crippen molar-refractivity contribution in [3.63, 3.8) is 0 Å². The minimum absolute atomic E-state index is 0.165. The molecule has 3 heterocycles. The summed E-state index contributed by atoms with van der Waals surface area (Å²) in [5, 5.41) is 13.9. The molecule has 8 heteroatoms. The molecule has 8 nitrogen and oxygen atoms in total. The lowest BCUT2D eigenvalue weighted by atomic mass is 10.2. The zero-order valence-electron chi connectivity index (χ0n) is 14.5. The van der Waals surface area contributed by atoms with Gasteiger partial charge in [0.05, 0.1) is 16.9 Å². The maximum Gasteiger partial charge on any atom is 0.222 e. The average Bonchev–Trinajstić information content (AvgIpc) is 3.20. The molecule has 3 aromatic heterocycles. The number of aromatic amines is 1. The number of carbonyl (C=O) groups is 1. The highest BCUT2D eigenvalue weighted by Gasteiger charge is 2.13. The van der Waals surface area contributed by atoms with Crippen LogP contribution in [0.4, 0.5) is 5.82 Å². The van der Waals surface area contributed by atoms with Crippen molar-refractivity contribution in [2.45, 2.75) is 34.6 Å². The zero-order valence-corrected chi connectivity index (χ0v) is 14.5. The molecule has 0 fully saturated rings. The van der Waals surface area contributed by atoms with Crippen molar-refractivity contribution in [1.29, 1.82) is 0 Å². The van der Waals surface area contributed by atoms with Crippen molar-refractivity contribution in [2.75, 3.05) is 5.32 Å². The van der Waals surface area contributed by atoms with Crippen molar-refractivity contribution in [3.05, 3.63) is 36.0 Å². The van der Waals surface area contributed by atoms with E-state index in [0.29, 0.717) is 11.6 Å². The fraction of sp³-hybridized carbons (Fsp3) is 0.312. The van der Waals surface area contributed by atoms with E-state index in [0.717, 1.165) is 22.5 Å². The molecule has 0 aromatic carbocycles. The molecule has 3 rings (SSSR count). The molecule has 1 amide bonds. The first-order chi connectivity index (χ1) is 11.5. The van der Waals surface area contributed by atoms with Crippen molar-refractivity contribution in [2.24, 2.45) is 0 Å². The molecule has 0 spiro atoms. The lowest BCUT2D eigenvalue weighted by molar-refractivity contribution is -0.114. The summed E-state index contributed by atoms with van der Waals surface area (Å²) in [5.41, 5.74) is 3.48. The van der Waals surface area contributed by atoms with Gasteiger partial charge in [0.25, 0.3) is 0 Å². The monoisotopic (exact) mass is 327 g/mol. The maximum absolute atomic E-state index is 11.2. The van der Waals surface area contributed by atoms with E-state index in [-0.39, 0.29) is 5.91 Å². The van der Waals surface area contributed by atoms with E-state index < -0.39 is 0 Å². The minimum Gasteiger partial charge on any atom is -0.311 e. The van der Waals surface area contributed by atoms with Gasteiger partial charge in [-0.1, -0.05) is 13.8 Å². The molecule has 0 unspecified atom stereocenters. The quantitative estimate of drug-likeness (QED) is 0.770. The second-order valence-corrected chi connectivity index (χ2v) is 4.94. The van der Waals surface area contributed by atoms with Crippen molar-refractivity contribution >= 4 is 11.7 Å². The van der Waals surface area contributed by atoms with E-state index in [1.807, 2.05) is 33.9 Å². The van der Waals surface area contributed by atoms with E-state index in [1.165, 1.54) is 13.3 Å². The molecule has 0 radical (unpaired) electrons. The van der Waals surface area contributed by atoms with Gasteiger partial charge in [0.15, 0.2) is 5.82 Å². The molecular formula is C16H21N7O. The van der Waals surface area contributed by atoms with E-state index in [4.69, 9.17) is 0 Å². The minimum atomic E-state index is -0.165. The topological polar surface area (TPSA) is 101 Å². The van der Waals surface area contributed by atoms with E-state index in [1.54, 1.807) is 16.9 Å². The molecule has 3 aromatic rings. The fourth-order valence-electron chi connectivity index (χ4n) is 2.16. The molecule has 24 heavy (non-hydrogen) atoms. The molecule has 2 N–H and O–H groups in total. The second kappa shape index (κ2) is 7.49. The Hall–Kier alpha value is -3.03. The van der Waals surface area contributed by atoms with Crippen LogP contribution in [0.1, 0.15) is 32.0 Å². The van der Waals surface area contributed by atoms with Gasteiger partial charge in [-0.3, -0.25) is 9.89 Å². The molecular weight excluding hydrogens is 306 g/mol. The van der Waals surface area contributed by atoms with Gasteiger partial charge in [-0.05, 0) is 19.4 Å². The first-order valence-electron chi connectivity index (χ1n) is 7.71. The number of aryl methyl sites for hydroxylation is 2. The Bertz CT molecular complexity index is 821. The molecule has 0 saturated carbocycles. The summed E-state index contributed by atoms with van der Waals surface area (Å²) in [6, 6.07) is 1.79. The Morgan fingerprint density at radius 3 is 2.62 bits per heavy atom. The Kier molecular flexibility index (Phi) is 5.41. The van der Waals surface area contributed by atoms with Crippen molar-refractivity contribution < 1.29 is 4.79 Å². The maximum atomic E-state index is 11.2. The molecule has 0 aliphatic rings. The fourth-order valence-corrected chi connectivity index (χ4v) is 2.16. The molecule has 0 atom stereocenters. The third kappa shape index (κ3) is 3.65. The van der Waals surface area contributed by atoms with Gasteiger partial charge >= 0.3 is 0 Å². The summed E-state index contributed by atoms with van der Waals surface area (Å²) in [7, 11) is 0. The number of hydrogen-bond acceptors (Lipinski definition) is 5. The van der Waals surface area contributed by atoms with Crippen LogP contribution in [0, 0.1) is 13.8 Å². The van der Waals surface area contributed by atoms with Crippen LogP contribution in [0.3, 0.4) is 0 Å². The van der Waals surface area contributed by atoms with Crippen molar-refractivity contribution in [1.82, 2.24) is 29.9 Å². The van der Waals surface area contributed by atoms with E-state index in [2.05, 4.69) is 30.6 Å². The summed E-state index contributed by atoms with van der Waals surface area (Å²) in [4.78, 5) is 19.5. The van der Waals surface area contributed by atoms with Gasteiger partial charge in [0, 0.05) is 25.4 Å². The summed E-state index contributed by atoms with van der Waals surface area (Å²) >= 11 is 0. The standard InChI is InChI=1S/C14H15N7O.C2H6/c1-8-5-15-13(18-10(3)22)4-12(8)21-6-11(9(2)20-21)14-16-7-17-19-14;1-2/h4-7H,1-3H3,(H,15,18,22)(H,16,17,19);1-2H3. The first-order valence-corrected chi connectivity index (χ1v) is 7.71. The number of aromatic nitrogens is 6. The third-order valence-corrected chi connectivity index (χ3v) is 3.19. The van der Waals surface area contributed by atoms with Gasteiger partial charge in [-0.2, -0.15) is 10.2 Å². The normalized spacial score (nSPS) is 10.0. The Morgan fingerprint density at radius 1 is 1.25 bits per heavy atom. The Balaban J connectivity index is 0.00000100. The number of nitrogens with one attached hydrogen (secondary N) is 2. The summed E-state index contributed by atoms with van der Waals surface area (Å²) in [5.74, 6) is 0.987. The number of rotatable bonds is 3. The first kappa shape index (κ1) is 17.3. The van der Waals surface area contributed by atoms with Gasteiger partial charge in [-0.15, -0.1) is 0 Å². The Morgan fingerprint density at radius 2 is 2.00 bits per heavy atom. The highest BCUT2D eigenvalue weighted by atomic mass is 16.1. The number of carbonyl (C=O) groups excluding carboxylic acids is 1. The van der Waals surface area contributed by atoms with Gasteiger partial charge in [0.2, 0.25) is 5.91 Å². The van der Waals surface area contributed by atoms with Crippen LogP contribution < -0.4 is 5.32 Å². The van der Waals surface area contributed by atoms with Crippen LogP contribution in [0.25, 0.3) is 17.1 Å². The van der Waals surface area contributed by atoms with Gasteiger partial charge in [0.1, 0.15) is 12.1 Å². The number of anilines is 1. The Labute approximate surface area is 140 Å². The third-order valence-electron chi connectivity index (χ3n) is 3.19. The summed E-state index contributed by atoms with van der Waals surface area (Å²) < 4.78 is 1.75. The lowest BCUT2D eigenvalue weighted by Crippen LogP contribution is -2.09. The van der Waals surface area contributed by atoms with Gasteiger partial charge in [-0.25, -0.2) is 14.6 Å². The predicted octanol–water partition coefficient (Wildman–Crippen LogP) is 2.65. The molecule has 0 aliphatic carbocycles. The van der Waals surface area contributed by atoms with Crippen LogP contribution in [-0.4, -0.2) is 35.9 Å². The smallest absolute Gasteiger partial charge is 0.222 e. The van der Waals surface area contributed by atoms with E-state index >= 15 is 0 Å². The molecule has 0 aliphatic heterocycles. The van der Waals surface area contributed by atoms with Crippen LogP contribution in [-0.2, 0) is 4.79 Å². The van der Waals surface area contributed by atoms with Crippen LogP contribution in [0.5, 0.6) is 0 Å². The summed E-state index contributed by atoms with van der Waals surface area (Å²) in [6.45, 7) is 9.28. The van der Waals surface area contributed by atoms with Crippen molar-refractivity contribution in [3.8, 4) is 17.1 Å². The highest BCUT2D eigenvalue weighted by Crippen LogP contribution is 2.22. The largest absolute Gasteiger partial charge is 0.311 e. The lowest BCUT2D eigenvalue weighted by Gasteiger charge is -2.08. The number of amides is 1. The predicted molar refractivity (Wildman–Crippen MR) is 91.9 cm³/mol. The molecule has 126 valence electrons. The number of pyridine rings is 1. The van der Waals surface area contributed by atoms with Crippen LogP contribution in [0.2, 0.25) is 0 Å². The highest BCUT2D eigenvalue weighted by molar-refractivity contribution is 5.87. The number of H-pyrrole nitrogens is 1. The SMILES string of the molecule is CC.CC(=O)Nc1cc(-n2cc(-c3ncn[nH]3)c(C)n2)c(C)cn1. The van der Waals surface area contributed by atoms with Gasteiger partial charge < -0.3 is 5.32 Å². The van der Waals surface area contributed by atoms with E-state index in [9.17, 15) is 4.79 Å². The molecule has 0 bridgehead atoms. The number of nitrogens with zero attached hydrogens (tertiary/aromatic N) is 5. The summed E-state index contributed by atoms with van der Waals surface area (Å²) in [6.07, 6.45) is 5.03.